The fourth-order valence-electron chi connectivity index (χ4n) is 3.64. The van der Waals surface area contributed by atoms with E-state index in [4.69, 9.17) is 0 Å². The van der Waals surface area contributed by atoms with Crippen LogP contribution in [0.4, 0.5) is 5.69 Å². The summed E-state index contributed by atoms with van der Waals surface area (Å²) in [5.41, 5.74) is 3.96. The minimum Gasteiger partial charge on any atom is -0.371 e. The lowest BCUT2D eigenvalue weighted by Crippen LogP contribution is -2.33. The van der Waals surface area contributed by atoms with E-state index in [1.807, 2.05) is 6.08 Å². The quantitative estimate of drug-likeness (QED) is 0.504. The molecule has 0 saturated heterocycles. The lowest BCUT2D eigenvalue weighted by Gasteiger charge is -2.31. The number of hydrogen-bond donors (Lipinski definition) is 0. The topological polar surface area (TPSA) is 3.24 Å². The summed E-state index contributed by atoms with van der Waals surface area (Å²) in [5.74, 6) is 1.13. The van der Waals surface area contributed by atoms with Crippen LogP contribution < -0.4 is 4.90 Å². The van der Waals surface area contributed by atoms with E-state index < -0.39 is 0 Å². The van der Waals surface area contributed by atoms with Crippen molar-refractivity contribution in [2.45, 2.75) is 19.8 Å². The largest absolute Gasteiger partial charge is 0.371 e. The first-order chi connectivity index (χ1) is 12.8. The summed E-state index contributed by atoms with van der Waals surface area (Å²) in [4.78, 5) is 2.54. The molecule has 0 heterocycles. The molecule has 1 aliphatic carbocycles. The summed E-state index contributed by atoms with van der Waals surface area (Å²) in [6.45, 7) is 8.32. The van der Waals surface area contributed by atoms with Crippen LogP contribution in [0.2, 0.25) is 0 Å². The molecule has 2 atom stereocenters. The van der Waals surface area contributed by atoms with Gasteiger partial charge in [-0.25, -0.2) is 0 Å². The SMILES string of the molecule is C=CCC(C)CN(CC1C=C(c2ccccc2)C=CC1)c1ccccc1. The van der Waals surface area contributed by atoms with Gasteiger partial charge in [-0.3, -0.25) is 0 Å². The molecule has 2 unspecified atom stereocenters. The molecule has 0 aromatic heterocycles. The van der Waals surface area contributed by atoms with Gasteiger partial charge in [0.2, 0.25) is 0 Å². The average Bonchev–Trinajstić information content (AvgIpc) is 2.69. The maximum atomic E-state index is 3.90. The molecule has 3 rings (SSSR count). The number of nitrogens with zero attached hydrogens (tertiary/aromatic N) is 1. The zero-order chi connectivity index (χ0) is 18.2. The molecule has 134 valence electrons. The Morgan fingerprint density at radius 3 is 2.46 bits per heavy atom. The number of allylic oxidation sites excluding steroid dienone is 4. The zero-order valence-electron chi connectivity index (χ0n) is 15.7. The normalized spacial score (nSPS) is 17.4. The third-order valence-corrected chi connectivity index (χ3v) is 4.94. The first-order valence-corrected chi connectivity index (χ1v) is 9.61. The van der Waals surface area contributed by atoms with Gasteiger partial charge >= 0.3 is 0 Å². The van der Waals surface area contributed by atoms with E-state index in [1.54, 1.807) is 0 Å². The van der Waals surface area contributed by atoms with Crippen molar-refractivity contribution in [3.63, 3.8) is 0 Å². The third-order valence-electron chi connectivity index (χ3n) is 4.94. The van der Waals surface area contributed by atoms with E-state index in [9.17, 15) is 0 Å². The molecule has 2 aromatic carbocycles. The highest BCUT2D eigenvalue weighted by Crippen LogP contribution is 2.27. The molecule has 2 aromatic rings. The molecular formula is C25H29N. The Morgan fingerprint density at radius 2 is 1.77 bits per heavy atom. The Labute approximate surface area is 158 Å². The Bertz CT molecular complexity index is 742. The Morgan fingerprint density at radius 1 is 1.08 bits per heavy atom. The molecule has 26 heavy (non-hydrogen) atoms. The predicted molar refractivity (Wildman–Crippen MR) is 114 cm³/mol. The second-order valence-corrected chi connectivity index (χ2v) is 7.26. The number of anilines is 1. The minimum absolute atomic E-state index is 0.534. The Hall–Kier alpha value is -2.54. The maximum absolute atomic E-state index is 3.90. The fraction of sp³-hybridized carbons (Fsp3) is 0.280. The number of benzene rings is 2. The lowest BCUT2D eigenvalue weighted by molar-refractivity contribution is 0.533. The first-order valence-electron chi connectivity index (χ1n) is 9.61. The predicted octanol–water partition coefficient (Wildman–Crippen LogP) is 6.36. The van der Waals surface area contributed by atoms with E-state index >= 15 is 0 Å². The van der Waals surface area contributed by atoms with Gasteiger partial charge in [-0.15, -0.1) is 6.58 Å². The van der Waals surface area contributed by atoms with E-state index in [0.717, 1.165) is 25.9 Å². The lowest BCUT2D eigenvalue weighted by atomic mass is 9.91. The molecule has 0 N–H and O–H groups in total. The summed E-state index contributed by atoms with van der Waals surface area (Å²) in [6.07, 6.45) is 11.2. The molecule has 0 fully saturated rings. The van der Waals surface area contributed by atoms with Crippen LogP contribution >= 0.6 is 0 Å². The monoisotopic (exact) mass is 343 g/mol. The average molecular weight is 344 g/mol. The molecule has 1 heteroatoms. The van der Waals surface area contributed by atoms with Crippen LogP contribution in [0.5, 0.6) is 0 Å². The second kappa shape index (κ2) is 9.24. The molecule has 1 nitrogen and oxygen atoms in total. The molecule has 0 aliphatic heterocycles. The highest BCUT2D eigenvalue weighted by molar-refractivity contribution is 5.75. The van der Waals surface area contributed by atoms with Gasteiger partial charge in [0.1, 0.15) is 0 Å². The number of para-hydroxylation sites is 1. The van der Waals surface area contributed by atoms with Crippen molar-refractivity contribution >= 4 is 11.3 Å². The van der Waals surface area contributed by atoms with Gasteiger partial charge in [0, 0.05) is 18.8 Å². The van der Waals surface area contributed by atoms with Crippen molar-refractivity contribution in [2.24, 2.45) is 11.8 Å². The van der Waals surface area contributed by atoms with Gasteiger partial charge < -0.3 is 4.90 Å². The molecule has 0 radical (unpaired) electrons. The Kier molecular flexibility index (Phi) is 6.49. The van der Waals surface area contributed by atoms with E-state index in [1.165, 1.54) is 16.8 Å². The summed E-state index contributed by atoms with van der Waals surface area (Å²) in [7, 11) is 0. The highest BCUT2D eigenvalue weighted by Gasteiger charge is 2.17. The zero-order valence-corrected chi connectivity index (χ0v) is 15.7. The molecule has 0 spiro atoms. The summed E-state index contributed by atoms with van der Waals surface area (Å²) < 4.78 is 0. The molecular weight excluding hydrogens is 314 g/mol. The van der Waals surface area contributed by atoms with Crippen LogP contribution in [-0.2, 0) is 0 Å². The van der Waals surface area contributed by atoms with Gasteiger partial charge in [-0.1, -0.05) is 79.8 Å². The van der Waals surface area contributed by atoms with Crippen LogP contribution in [0.15, 0.2) is 91.5 Å². The van der Waals surface area contributed by atoms with Gasteiger partial charge in [-0.05, 0) is 47.9 Å². The fourth-order valence-corrected chi connectivity index (χ4v) is 3.64. The van der Waals surface area contributed by atoms with Gasteiger partial charge in [0.25, 0.3) is 0 Å². The van der Waals surface area contributed by atoms with Gasteiger partial charge in [-0.2, -0.15) is 0 Å². The van der Waals surface area contributed by atoms with Gasteiger partial charge in [0.05, 0.1) is 0 Å². The molecule has 0 amide bonds. The minimum atomic E-state index is 0.534. The maximum Gasteiger partial charge on any atom is 0.0366 e. The smallest absolute Gasteiger partial charge is 0.0366 e. The van der Waals surface area contributed by atoms with Crippen LogP contribution in [0, 0.1) is 11.8 Å². The third kappa shape index (κ3) is 4.98. The summed E-state index contributed by atoms with van der Waals surface area (Å²) in [6, 6.07) is 21.5. The van der Waals surface area contributed by atoms with E-state index in [0.29, 0.717) is 11.8 Å². The van der Waals surface area contributed by atoms with Gasteiger partial charge in [0.15, 0.2) is 0 Å². The summed E-state index contributed by atoms with van der Waals surface area (Å²) in [5, 5.41) is 0. The molecule has 0 saturated carbocycles. The Balaban J connectivity index is 1.76. The van der Waals surface area contributed by atoms with E-state index in [2.05, 4.69) is 97.3 Å². The van der Waals surface area contributed by atoms with Crippen molar-refractivity contribution in [1.29, 1.82) is 0 Å². The van der Waals surface area contributed by atoms with Crippen molar-refractivity contribution < 1.29 is 0 Å². The number of hydrogen-bond acceptors (Lipinski definition) is 1. The van der Waals surface area contributed by atoms with Crippen LogP contribution in [0.3, 0.4) is 0 Å². The summed E-state index contributed by atoms with van der Waals surface area (Å²) >= 11 is 0. The highest BCUT2D eigenvalue weighted by atomic mass is 15.1. The van der Waals surface area contributed by atoms with Crippen molar-refractivity contribution in [3.8, 4) is 0 Å². The van der Waals surface area contributed by atoms with Crippen LogP contribution in [0.25, 0.3) is 5.57 Å². The van der Waals surface area contributed by atoms with Crippen molar-refractivity contribution in [2.75, 3.05) is 18.0 Å². The van der Waals surface area contributed by atoms with Crippen LogP contribution in [0.1, 0.15) is 25.3 Å². The molecule has 1 aliphatic rings. The second-order valence-electron chi connectivity index (χ2n) is 7.26. The van der Waals surface area contributed by atoms with Crippen molar-refractivity contribution in [3.05, 3.63) is 97.1 Å². The van der Waals surface area contributed by atoms with Crippen LogP contribution in [-0.4, -0.2) is 13.1 Å². The first kappa shape index (κ1) is 18.3. The molecule has 0 bridgehead atoms. The van der Waals surface area contributed by atoms with E-state index in [-0.39, 0.29) is 0 Å². The number of rotatable bonds is 8. The standard InChI is InChI=1S/C25H29N/c1-3-11-21(2)19-26(25-16-8-5-9-17-25)20-22-12-10-15-24(18-22)23-13-6-4-7-14-23/h3-10,13-18,21-22H,1,11-12,19-20H2,2H3. The van der Waals surface area contributed by atoms with Crippen molar-refractivity contribution in [1.82, 2.24) is 0 Å².